The van der Waals surface area contributed by atoms with Gasteiger partial charge in [0.05, 0.1) is 16.1 Å². The van der Waals surface area contributed by atoms with Crippen LogP contribution >= 0.6 is 0 Å². The number of rotatable bonds is 9. The van der Waals surface area contributed by atoms with Gasteiger partial charge in [0, 0.05) is 65.0 Å². The summed E-state index contributed by atoms with van der Waals surface area (Å²) in [6, 6.07) is 54.0. The maximum absolute atomic E-state index is 4.83. The molecule has 4 aromatic carbocycles. The molecule has 1 aliphatic carbocycles. The molecule has 0 amide bonds. The van der Waals surface area contributed by atoms with Crippen LogP contribution in [0.1, 0.15) is 78.8 Å². The van der Waals surface area contributed by atoms with Gasteiger partial charge in [0.1, 0.15) is 0 Å². The first-order chi connectivity index (χ1) is 32.9. The van der Waals surface area contributed by atoms with Crippen molar-refractivity contribution in [1.82, 2.24) is 19.9 Å². The molecule has 0 unspecified atom stereocenters. The molecule has 1 saturated carbocycles. The largest absolute Gasteiger partial charge is 0.305 e. The Morgan fingerprint density at radius 2 is 0.958 bits per heavy atom. The number of nitrogens with zero attached hydrogens (tertiary/aromatic N) is 4. The average molecular weight is 1330 g/mol. The molecule has 8 heteroatoms. The summed E-state index contributed by atoms with van der Waals surface area (Å²) in [5.41, 5.74) is 16.4. The molecule has 0 spiro atoms. The second-order valence-electron chi connectivity index (χ2n) is 21.0. The van der Waals surface area contributed by atoms with E-state index in [0.29, 0.717) is 5.92 Å². The van der Waals surface area contributed by atoms with Gasteiger partial charge in [0.15, 0.2) is 0 Å². The van der Waals surface area contributed by atoms with Crippen LogP contribution in [0.4, 0.5) is 0 Å². The summed E-state index contributed by atoms with van der Waals surface area (Å²) >= 11 is 0. The van der Waals surface area contributed by atoms with Gasteiger partial charge in [-0.2, -0.15) is 0 Å². The normalized spacial score (nSPS) is 12.2. The fourth-order valence-corrected chi connectivity index (χ4v) is 12.1. The predicted octanol–water partition coefficient (Wildman–Crippen LogP) is 15.4. The van der Waals surface area contributed by atoms with E-state index in [-0.39, 0.29) is 40.2 Å². The third kappa shape index (κ3) is 18.0. The Bertz CT molecular complexity index is 2650. The quantitative estimate of drug-likeness (QED) is 0.107. The summed E-state index contributed by atoms with van der Waals surface area (Å²) in [6.45, 7) is 27.6. The molecular weight excluding hydrogens is 1250 g/mol. The predicted molar refractivity (Wildman–Crippen MR) is 299 cm³/mol. The number of benzene rings is 4. The maximum atomic E-state index is 4.83. The third-order valence-corrected chi connectivity index (χ3v) is 16.2. The minimum atomic E-state index is -1.36. The minimum absolute atomic E-state index is 0. The molecule has 0 bridgehead atoms. The number of hydrogen-bond acceptors (Lipinski definition) is 4. The molecule has 1 aliphatic rings. The van der Waals surface area contributed by atoms with Crippen LogP contribution < -0.4 is 10.4 Å². The molecule has 4 heterocycles. The van der Waals surface area contributed by atoms with Gasteiger partial charge in [-0.1, -0.05) is 141 Å². The first-order valence-electron chi connectivity index (χ1n) is 24.7. The monoisotopic (exact) mass is 1330 g/mol. The summed E-state index contributed by atoms with van der Waals surface area (Å²) in [7, 11) is -2.73. The standard InChI is InChI=1S/C21H28NSi.C20H28NSi.2C11H8N.2Ir/c1-15-10-16(2)12-18(11-15)20-13-19(17-8-6-7-9-17)21(14-22-20)23(3,4)5;1-14(2)8-18-12-19(21-13-20(18)22(5,6)7)17-10-15(3)9-16(4)11-17;2*1-2-6-10(7-3-1)11-8-4-5-9-12-11;;/h10-11,13-14,17H,6-9H2,1-5H3;9-10,12-14H,8H2,1-7H3;2*1-6,8-9H;;/q4*-1;;. The Balaban J connectivity index is 0.000000212. The van der Waals surface area contributed by atoms with Crippen molar-refractivity contribution in [2.45, 2.75) is 119 Å². The molecule has 0 N–H and O–H groups in total. The van der Waals surface area contributed by atoms with Gasteiger partial charge in [-0.3, -0.25) is 0 Å². The van der Waals surface area contributed by atoms with E-state index in [2.05, 4.69) is 164 Å². The molecule has 2 radical (unpaired) electrons. The van der Waals surface area contributed by atoms with E-state index in [9.17, 15) is 0 Å². The summed E-state index contributed by atoms with van der Waals surface area (Å²) in [6.07, 6.45) is 14.5. The molecule has 0 saturated heterocycles. The SMILES string of the molecule is Cc1[c-]c(-c2cc(C3CCCC3)c([Si](C)(C)C)cn2)cc(C)c1.Cc1[c-]c(-c2cc(CC(C)C)c([Si](C)(C)C)cn2)cc(C)c1.[Ir].[Ir].[c-]1ccccc1-c1ccccn1.[c-]1ccccc1-c1ccccn1. The molecule has 0 aliphatic heterocycles. The van der Waals surface area contributed by atoms with Crippen LogP contribution in [0.25, 0.3) is 45.0 Å². The van der Waals surface area contributed by atoms with Crippen LogP contribution in [-0.4, -0.2) is 36.1 Å². The van der Waals surface area contributed by atoms with E-state index in [0.717, 1.165) is 57.4 Å². The zero-order valence-electron chi connectivity index (χ0n) is 44.0. The summed E-state index contributed by atoms with van der Waals surface area (Å²) in [5.74, 6) is 1.40. The molecule has 1 fully saturated rings. The summed E-state index contributed by atoms with van der Waals surface area (Å²) in [5, 5.41) is 3.05. The zero-order chi connectivity index (χ0) is 49.6. The smallest absolute Gasteiger partial charge is 0.0799 e. The fourth-order valence-electron chi connectivity index (χ4n) is 8.96. The van der Waals surface area contributed by atoms with Crippen LogP contribution in [0, 0.1) is 57.9 Å². The van der Waals surface area contributed by atoms with Crippen molar-refractivity contribution in [3.63, 3.8) is 0 Å². The van der Waals surface area contributed by atoms with Crippen molar-refractivity contribution < 1.29 is 40.2 Å². The summed E-state index contributed by atoms with van der Waals surface area (Å²) < 4.78 is 0. The topological polar surface area (TPSA) is 51.6 Å². The molecule has 71 heavy (non-hydrogen) atoms. The Hall–Kier alpha value is -4.79. The van der Waals surface area contributed by atoms with Gasteiger partial charge >= 0.3 is 0 Å². The minimum Gasteiger partial charge on any atom is -0.305 e. The van der Waals surface area contributed by atoms with Crippen molar-refractivity contribution >= 4 is 26.5 Å². The number of aryl methyl sites for hydroxylation is 4. The van der Waals surface area contributed by atoms with E-state index in [1.54, 1.807) is 23.1 Å². The van der Waals surface area contributed by atoms with E-state index in [1.807, 2.05) is 84.9 Å². The Labute approximate surface area is 456 Å². The molecule has 9 rings (SSSR count). The molecule has 374 valence electrons. The van der Waals surface area contributed by atoms with Gasteiger partial charge in [0.2, 0.25) is 0 Å². The Morgan fingerprint density at radius 3 is 1.35 bits per heavy atom. The van der Waals surface area contributed by atoms with Crippen LogP contribution in [0.3, 0.4) is 0 Å². The Morgan fingerprint density at radius 1 is 0.507 bits per heavy atom. The van der Waals surface area contributed by atoms with Crippen molar-refractivity contribution in [3.8, 4) is 45.0 Å². The van der Waals surface area contributed by atoms with Crippen LogP contribution in [0.2, 0.25) is 39.3 Å². The van der Waals surface area contributed by atoms with Crippen molar-refractivity contribution in [3.05, 3.63) is 204 Å². The van der Waals surface area contributed by atoms with Gasteiger partial charge < -0.3 is 19.9 Å². The molecular formula is C63H72Ir2N4Si2-4. The molecule has 4 nitrogen and oxygen atoms in total. The second-order valence-corrected chi connectivity index (χ2v) is 31.0. The van der Waals surface area contributed by atoms with Gasteiger partial charge in [-0.25, -0.2) is 0 Å². The van der Waals surface area contributed by atoms with Gasteiger partial charge in [-0.05, 0) is 76.4 Å². The average Bonchev–Trinajstić information content (AvgIpc) is 3.87. The van der Waals surface area contributed by atoms with E-state index in [1.165, 1.54) is 58.7 Å². The van der Waals surface area contributed by atoms with Gasteiger partial charge in [-0.15, -0.1) is 142 Å². The van der Waals surface area contributed by atoms with Gasteiger partial charge in [0.25, 0.3) is 0 Å². The first-order valence-corrected chi connectivity index (χ1v) is 31.7. The van der Waals surface area contributed by atoms with E-state index < -0.39 is 16.1 Å². The first kappa shape index (κ1) is 58.8. The van der Waals surface area contributed by atoms with E-state index in [4.69, 9.17) is 9.97 Å². The van der Waals surface area contributed by atoms with Crippen molar-refractivity contribution in [2.24, 2.45) is 5.92 Å². The molecule has 8 aromatic rings. The molecule has 4 aromatic heterocycles. The Kier molecular flexibility index (Phi) is 23.1. The summed E-state index contributed by atoms with van der Waals surface area (Å²) in [4.78, 5) is 18.0. The van der Waals surface area contributed by atoms with Crippen molar-refractivity contribution in [1.29, 1.82) is 0 Å². The number of aromatic nitrogens is 4. The zero-order valence-corrected chi connectivity index (χ0v) is 50.8. The molecule has 0 atom stereocenters. The second kappa shape index (κ2) is 27.9. The van der Waals surface area contributed by atoms with Crippen molar-refractivity contribution in [2.75, 3.05) is 0 Å². The maximum Gasteiger partial charge on any atom is 0.0799 e. The van der Waals surface area contributed by atoms with Crippen LogP contribution in [0.5, 0.6) is 0 Å². The third-order valence-electron chi connectivity index (χ3n) is 12.1. The fraction of sp³-hybridized carbons (Fsp3) is 0.302. The number of pyridine rings is 4. The van der Waals surface area contributed by atoms with Crippen LogP contribution in [-0.2, 0) is 46.6 Å². The number of hydrogen-bond donors (Lipinski definition) is 0. The van der Waals surface area contributed by atoms with Crippen LogP contribution in [0.15, 0.2) is 146 Å². The van der Waals surface area contributed by atoms with E-state index >= 15 is 0 Å².